The number of methoxy groups -OCH3 is 1. The van der Waals surface area contributed by atoms with E-state index in [2.05, 4.69) is 5.32 Å². The molecule has 0 radical (unpaired) electrons. The van der Waals surface area contributed by atoms with Gasteiger partial charge in [0.2, 0.25) is 5.91 Å². The zero-order valence-corrected chi connectivity index (χ0v) is 13.1. The standard InChI is InChI=1S/C17H21NO4/c1-11(2)8-17(20)18-12-4-6-15(21-3)14(9-12)16-7-5-13(10-19)22-16/h4-7,9,11,19H,8,10H2,1-3H3,(H,18,20). The Morgan fingerprint density at radius 2 is 2.09 bits per heavy atom. The summed E-state index contributed by atoms with van der Waals surface area (Å²) < 4.78 is 10.9. The van der Waals surface area contributed by atoms with Crippen LogP contribution in [0.15, 0.2) is 34.7 Å². The van der Waals surface area contributed by atoms with Gasteiger partial charge in [-0.05, 0) is 36.2 Å². The van der Waals surface area contributed by atoms with Gasteiger partial charge in [-0.1, -0.05) is 13.8 Å². The minimum atomic E-state index is -0.160. The Hall–Kier alpha value is -2.27. The average Bonchev–Trinajstić information content (AvgIpc) is 2.95. The van der Waals surface area contributed by atoms with Gasteiger partial charge in [-0.2, -0.15) is 0 Å². The maximum atomic E-state index is 11.9. The molecule has 0 saturated heterocycles. The molecule has 2 rings (SSSR count). The first kappa shape index (κ1) is 16.1. The van der Waals surface area contributed by atoms with Crippen LogP contribution in [0, 0.1) is 5.92 Å². The van der Waals surface area contributed by atoms with E-state index in [4.69, 9.17) is 14.3 Å². The highest BCUT2D eigenvalue weighted by Crippen LogP contribution is 2.33. The summed E-state index contributed by atoms with van der Waals surface area (Å²) in [7, 11) is 1.58. The number of nitrogens with one attached hydrogen (secondary N) is 1. The summed E-state index contributed by atoms with van der Waals surface area (Å²) in [5.41, 5.74) is 1.41. The van der Waals surface area contributed by atoms with E-state index in [0.29, 0.717) is 35.3 Å². The van der Waals surface area contributed by atoms with Gasteiger partial charge in [0.25, 0.3) is 0 Å². The zero-order chi connectivity index (χ0) is 16.1. The van der Waals surface area contributed by atoms with Crippen LogP contribution in [0.2, 0.25) is 0 Å². The van der Waals surface area contributed by atoms with Crippen LogP contribution in [-0.2, 0) is 11.4 Å². The number of carbonyl (C=O) groups is 1. The molecule has 0 spiro atoms. The van der Waals surface area contributed by atoms with E-state index >= 15 is 0 Å². The molecule has 2 N–H and O–H groups in total. The van der Waals surface area contributed by atoms with Gasteiger partial charge < -0.3 is 19.6 Å². The van der Waals surface area contributed by atoms with Crippen molar-refractivity contribution in [2.24, 2.45) is 5.92 Å². The molecule has 0 atom stereocenters. The first-order valence-corrected chi connectivity index (χ1v) is 7.21. The van der Waals surface area contributed by atoms with Crippen LogP contribution in [0.25, 0.3) is 11.3 Å². The SMILES string of the molecule is COc1ccc(NC(=O)CC(C)C)cc1-c1ccc(CO)o1. The van der Waals surface area contributed by atoms with E-state index in [1.165, 1.54) is 0 Å². The highest BCUT2D eigenvalue weighted by Gasteiger charge is 2.13. The molecule has 1 aromatic carbocycles. The molecule has 1 amide bonds. The van der Waals surface area contributed by atoms with Crippen molar-refractivity contribution in [1.29, 1.82) is 0 Å². The van der Waals surface area contributed by atoms with E-state index in [1.807, 2.05) is 13.8 Å². The van der Waals surface area contributed by atoms with Crippen molar-refractivity contribution in [2.75, 3.05) is 12.4 Å². The molecule has 1 heterocycles. The van der Waals surface area contributed by atoms with Crippen molar-refractivity contribution in [3.8, 4) is 17.1 Å². The van der Waals surface area contributed by atoms with Gasteiger partial charge in [0, 0.05) is 12.1 Å². The molecule has 0 aliphatic carbocycles. The number of aliphatic hydroxyl groups is 1. The Bertz CT molecular complexity index is 646. The van der Waals surface area contributed by atoms with Crippen molar-refractivity contribution in [1.82, 2.24) is 0 Å². The summed E-state index contributed by atoms with van der Waals surface area (Å²) in [6.07, 6.45) is 0.469. The van der Waals surface area contributed by atoms with Crippen LogP contribution in [0.5, 0.6) is 5.75 Å². The van der Waals surface area contributed by atoms with Crippen LogP contribution >= 0.6 is 0 Å². The van der Waals surface area contributed by atoms with E-state index in [9.17, 15) is 4.79 Å². The van der Waals surface area contributed by atoms with Crippen molar-refractivity contribution < 1.29 is 19.1 Å². The largest absolute Gasteiger partial charge is 0.496 e. The highest BCUT2D eigenvalue weighted by molar-refractivity contribution is 5.91. The smallest absolute Gasteiger partial charge is 0.224 e. The average molecular weight is 303 g/mol. The summed E-state index contributed by atoms with van der Waals surface area (Å²) in [6.45, 7) is 3.84. The summed E-state index contributed by atoms with van der Waals surface area (Å²) in [5.74, 6) is 1.98. The number of hydrogen-bond acceptors (Lipinski definition) is 4. The Kier molecular flexibility index (Phi) is 5.22. The monoisotopic (exact) mass is 303 g/mol. The number of ether oxygens (including phenoxy) is 1. The third-order valence-corrected chi connectivity index (χ3v) is 3.16. The molecule has 0 fully saturated rings. The molecule has 0 aliphatic rings. The van der Waals surface area contributed by atoms with Crippen LogP contribution in [0.3, 0.4) is 0 Å². The first-order chi connectivity index (χ1) is 10.5. The Labute approximate surface area is 129 Å². The quantitative estimate of drug-likeness (QED) is 0.857. The van der Waals surface area contributed by atoms with Crippen molar-refractivity contribution >= 4 is 11.6 Å². The first-order valence-electron chi connectivity index (χ1n) is 7.21. The highest BCUT2D eigenvalue weighted by atomic mass is 16.5. The molecule has 0 unspecified atom stereocenters. The molecule has 2 aromatic rings. The van der Waals surface area contributed by atoms with Gasteiger partial charge in [-0.15, -0.1) is 0 Å². The fourth-order valence-corrected chi connectivity index (χ4v) is 2.17. The maximum Gasteiger partial charge on any atom is 0.224 e. The van der Waals surface area contributed by atoms with E-state index in [1.54, 1.807) is 37.4 Å². The molecule has 22 heavy (non-hydrogen) atoms. The van der Waals surface area contributed by atoms with Crippen molar-refractivity contribution in [3.63, 3.8) is 0 Å². The van der Waals surface area contributed by atoms with Crippen LogP contribution in [0.4, 0.5) is 5.69 Å². The molecule has 5 heteroatoms. The number of aliphatic hydroxyl groups excluding tert-OH is 1. The fraction of sp³-hybridized carbons (Fsp3) is 0.353. The van der Waals surface area contributed by atoms with Crippen LogP contribution in [0.1, 0.15) is 26.0 Å². The summed E-state index contributed by atoms with van der Waals surface area (Å²) in [6, 6.07) is 8.84. The number of benzene rings is 1. The molecule has 0 saturated carbocycles. The number of amides is 1. The zero-order valence-electron chi connectivity index (χ0n) is 13.1. The van der Waals surface area contributed by atoms with Gasteiger partial charge in [-0.3, -0.25) is 4.79 Å². The second-order valence-corrected chi connectivity index (χ2v) is 5.49. The maximum absolute atomic E-state index is 11.9. The van der Waals surface area contributed by atoms with Gasteiger partial charge in [0.15, 0.2) is 0 Å². The third-order valence-electron chi connectivity index (χ3n) is 3.16. The van der Waals surface area contributed by atoms with Crippen molar-refractivity contribution in [3.05, 3.63) is 36.1 Å². The Morgan fingerprint density at radius 3 is 2.68 bits per heavy atom. The number of hydrogen-bond donors (Lipinski definition) is 2. The number of furan rings is 1. The van der Waals surface area contributed by atoms with E-state index in [-0.39, 0.29) is 12.5 Å². The van der Waals surface area contributed by atoms with E-state index in [0.717, 1.165) is 5.56 Å². The molecule has 5 nitrogen and oxygen atoms in total. The lowest BCUT2D eigenvalue weighted by Crippen LogP contribution is -2.13. The van der Waals surface area contributed by atoms with Crippen LogP contribution < -0.4 is 10.1 Å². The molecular formula is C17H21NO4. The van der Waals surface area contributed by atoms with Gasteiger partial charge >= 0.3 is 0 Å². The number of anilines is 1. The summed E-state index contributed by atoms with van der Waals surface area (Å²) in [4.78, 5) is 11.9. The minimum Gasteiger partial charge on any atom is -0.496 e. The normalized spacial score (nSPS) is 10.8. The lowest BCUT2D eigenvalue weighted by atomic mass is 10.1. The lowest BCUT2D eigenvalue weighted by Gasteiger charge is -2.11. The van der Waals surface area contributed by atoms with Gasteiger partial charge in [0.1, 0.15) is 23.9 Å². The second-order valence-electron chi connectivity index (χ2n) is 5.49. The van der Waals surface area contributed by atoms with Gasteiger partial charge in [-0.25, -0.2) is 0 Å². The van der Waals surface area contributed by atoms with Crippen LogP contribution in [-0.4, -0.2) is 18.1 Å². The summed E-state index contributed by atoms with van der Waals surface area (Å²) in [5, 5.41) is 12.0. The third kappa shape index (κ3) is 3.89. The van der Waals surface area contributed by atoms with Crippen molar-refractivity contribution in [2.45, 2.75) is 26.9 Å². The predicted molar refractivity (Wildman–Crippen MR) is 84.7 cm³/mol. The fourth-order valence-electron chi connectivity index (χ4n) is 2.17. The Morgan fingerprint density at radius 1 is 1.32 bits per heavy atom. The second kappa shape index (κ2) is 7.13. The summed E-state index contributed by atoms with van der Waals surface area (Å²) >= 11 is 0. The molecule has 118 valence electrons. The number of rotatable bonds is 6. The van der Waals surface area contributed by atoms with Gasteiger partial charge in [0.05, 0.1) is 12.7 Å². The molecule has 0 aliphatic heterocycles. The molecule has 1 aromatic heterocycles. The lowest BCUT2D eigenvalue weighted by molar-refractivity contribution is -0.116. The molecular weight excluding hydrogens is 282 g/mol. The predicted octanol–water partition coefficient (Wildman–Crippen LogP) is 3.43. The Balaban J connectivity index is 2.28. The number of carbonyl (C=O) groups excluding carboxylic acids is 1. The van der Waals surface area contributed by atoms with E-state index < -0.39 is 0 Å². The molecule has 0 bridgehead atoms. The minimum absolute atomic E-state index is 0.0263. The topological polar surface area (TPSA) is 71.7 Å².